The molecule has 0 atom stereocenters. The van der Waals surface area contributed by atoms with Crippen LogP contribution in [0.4, 0.5) is 0 Å². The average Bonchev–Trinajstić information content (AvgIpc) is 2.66. The second-order valence-corrected chi connectivity index (χ2v) is 5.60. The van der Waals surface area contributed by atoms with Crippen molar-refractivity contribution in [3.8, 4) is 0 Å². The van der Waals surface area contributed by atoms with Crippen LogP contribution in [0, 0.1) is 5.41 Å². The molecule has 1 aromatic rings. The second-order valence-electron chi connectivity index (χ2n) is 5.04. The molecule has 1 aromatic heterocycles. The number of hydrogen-bond acceptors (Lipinski definition) is 1. The Labute approximate surface area is 100 Å². The lowest BCUT2D eigenvalue weighted by atomic mass is 9.76. The second kappa shape index (κ2) is 4.69. The van der Waals surface area contributed by atoms with Crippen LogP contribution < -0.4 is 0 Å². The van der Waals surface area contributed by atoms with Crippen molar-refractivity contribution in [2.24, 2.45) is 5.41 Å². The van der Waals surface area contributed by atoms with Crippen molar-refractivity contribution in [3.05, 3.63) is 18.2 Å². The van der Waals surface area contributed by atoms with Gasteiger partial charge in [0.25, 0.3) is 0 Å². The maximum absolute atomic E-state index is 4.35. The number of alkyl halides is 1. The molecular formula is C12H19BrN2. The summed E-state index contributed by atoms with van der Waals surface area (Å²) in [7, 11) is 0. The van der Waals surface area contributed by atoms with Crippen molar-refractivity contribution in [3.63, 3.8) is 0 Å². The molecule has 3 heteroatoms. The molecule has 0 unspecified atom stereocenters. The lowest BCUT2D eigenvalue weighted by Crippen LogP contribution is -2.25. The predicted molar refractivity (Wildman–Crippen MR) is 66.1 cm³/mol. The molecular weight excluding hydrogens is 252 g/mol. The highest BCUT2D eigenvalue weighted by Crippen LogP contribution is 2.37. The molecule has 2 rings (SSSR count). The molecule has 0 radical (unpaired) electrons. The van der Waals surface area contributed by atoms with Crippen molar-refractivity contribution in [2.75, 3.05) is 0 Å². The van der Waals surface area contributed by atoms with E-state index in [9.17, 15) is 0 Å². The van der Waals surface area contributed by atoms with Gasteiger partial charge in [0, 0.05) is 18.1 Å². The summed E-state index contributed by atoms with van der Waals surface area (Å²) in [6.07, 6.45) is 11.1. The van der Waals surface area contributed by atoms with E-state index in [-0.39, 0.29) is 0 Å². The Morgan fingerprint density at radius 3 is 2.73 bits per heavy atom. The van der Waals surface area contributed by atoms with Crippen LogP contribution in [0.3, 0.4) is 0 Å². The highest BCUT2D eigenvalue weighted by atomic mass is 79.9. The first-order chi connectivity index (χ1) is 7.22. The van der Waals surface area contributed by atoms with Gasteiger partial charge in [-0.1, -0.05) is 42.1 Å². The van der Waals surface area contributed by atoms with Crippen LogP contribution in [-0.4, -0.2) is 9.55 Å². The molecule has 0 saturated heterocycles. The number of halogens is 1. The number of hydrogen-bond donors (Lipinski definition) is 0. The van der Waals surface area contributed by atoms with Gasteiger partial charge in [0.2, 0.25) is 0 Å². The van der Waals surface area contributed by atoms with E-state index in [1.165, 1.54) is 32.1 Å². The van der Waals surface area contributed by atoms with E-state index in [4.69, 9.17) is 0 Å². The Morgan fingerprint density at radius 1 is 1.40 bits per heavy atom. The summed E-state index contributed by atoms with van der Waals surface area (Å²) in [4.78, 5) is 4.35. The molecule has 0 bridgehead atoms. The van der Waals surface area contributed by atoms with Crippen LogP contribution in [0.5, 0.6) is 0 Å². The first kappa shape index (κ1) is 11.2. The van der Waals surface area contributed by atoms with Crippen LogP contribution in [0.15, 0.2) is 12.5 Å². The molecule has 1 saturated carbocycles. The summed E-state index contributed by atoms with van der Waals surface area (Å²) >= 11 is 3.43. The Bertz CT molecular complexity index is 313. The smallest absolute Gasteiger partial charge is 0.0949 e. The number of imidazole rings is 1. The Morgan fingerprint density at radius 2 is 2.13 bits per heavy atom. The third-order valence-electron chi connectivity index (χ3n) is 3.45. The summed E-state index contributed by atoms with van der Waals surface area (Å²) in [6.45, 7) is 3.55. The summed E-state index contributed by atoms with van der Waals surface area (Å²) in [6, 6.07) is 0. The number of nitrogens with zero attached hydrogens (tertiary/aromatic N) is 2. The summed E-state index contributed by atoms with van der Waals surface area (Å²) in [5, 5.41) is 0.858. The molecule has 0 aliphatic heterocycles. The van der Waals surface area contributed by atoms with Gasteiger partial charge < -0.3 is 4.57 Å². The van der Waals surface area contributed by atoms with Gasteiger partial charge in [0.15, 0.2) is 0 Å². The molecule has 1 heterocycles. The number of rotatable bonds is 3. The SMILES string of the molecule is CC1(Cn2cnc(CBr)c2)CCCCC1. The van der Waals surface area contributed by atoms with Crippen LogP contribution in [0.2, 0.25) is 0 Å². The molecule has 1 aliphatic rings. The maximum atomic E-state index is 4.35. The van der Waals surface area contributed by atoms with Crippen LogP contribution in [0.1, 0.15) is 44.7 Å². The van der Waals surface area contributed by atoms with E-state index < -0.39 is 0 Å². The largest absolute Gasteiger partial charge is 0.337 e. The lowest BCUT2D eigenvalue weighted by Gasteiger charge is -2.33. The van der Waals surface area contributed by atoms with Crippen molar-refractivity contribution < 1.29 is 0 Å². The standard InChI is InChI=1S/C12H19BrN2/c1-12(5-3-2-4-6-12)9-15-8-11(7-13)14-10-15/h8,10H,2-7,9H2,1H3. The minimum absolute atomic E-state index is 0.503. The summed E-state index contributed by atoms with van der Waals surface area (Å²) < 4.78 is 2.25. The fourth-order valence-electron chi connectivity index (χ4n) is 2.57. The predicted octanol–water partition coefficient (Wildman–Crippen LogP) is 3.75. The summed E-state index contributed by atoms with van der Waals surface area (Å²) in [5.41, 5.74) is 1.64. The highest BCUT2D eigenvalue weighted by Gasteiger charge is 2.26. The fraction of sp³-hybridized carbons (Fsp3) is 0.750. The van der Waals surface area contributed by atoms with Crippen molar-refractivity contribution >= 4 is 15.9 Å². The third-order valence-corrected chi connectivity index (χ3v) is 4.02. The summed E-state index contributed by atoms with van der Waals surface area (Å²) in [5.74, 6) is 0. The van der Waals surface area contributed by atoms with Gasteiger partial charge in [0.1, 0.15) is 0 Å². The van der Waals surface area contributed by atoms with Gasteiger partial charge in [-0.2, -0.15) is 0 Å². The van der Waals surface area contributed by atoms with E-state index >= 15 is 0 Å². The van der Waals surface area contributed by atoms with Gasteiger partial charge in [-0.05, 0) is 18.3 Å². The van der Waals surface area contributed by atoms with Gasteiger partial charge in [-0.25, -0.2) is 4.98 Å². The van der Waals surface area contributed by atoms with Crippen molar-refractivity contribution in [1.29, 1.82) is 0 Å². The minimum Gasteiger partial charge on any atom is -0.337 e. The molecule has 0 aromatic carbocycles. The molecule has 0 amide bonds. The Kier molecular flexibility index (Phi) is 3.49. The van der Waals surface area contributed by atoms with E-state index in [1.807, 2.05) is 6.33 Å². The van der Waals surface area contributed by atoms with Crippen molar-refractivity contribution in [1.82, 2.24) is 9.55 Å². The third kappa shape index (κ3) is 2.83. The van der Waals surface area contributed by atoms with Gasteiger partial charge in [0.05, 0.1) is 12.0 Å². The lowest BCUT2D eigenvalue weighted by molar-refractivity contribution is 0.183. The highest BCUT2D eigenvalue weighted by molar-refractivity contribution is 9.08. The van der Waals surface area contributed by atoms with E-state index in [0.717, 1.165) is 17.6 Å². The number of aromatic nitrogens is 2. The first-order valence-electron chi connectivity index (χ1n) is 5.78. The molecule has 1 aliphatic carbocycles. The molecule has 84 valence electrons. The minimum atomic E-state index is 0.503. The zero-order chi connectivity index (χ0) is 10.7. The van der Waals surface area contributed by atoms with Gasteiger partial charge >= 0.3 is 0 Å². The van der Waals surface area contributed by atoms with Crippen molar-refractivity contribution in [2.45, 2.75) is 50.9 Å². The topological polar surface area (TPSA) is 17.8 Å². The molecule has 0 N–H and O–H groups in total. The Hall–Kier alpha value is -0.310. The normalized spacial score (nSPS) is 20.4. The van der Waals surface area contributed by atoms with Crippen LogP contribution in [-0.2, 0) is 11.9 Å². The van der Waals surface area contributed by atoms with E-state index in [1.54, 1.807) is 0 Å². The van der Waals surface area contributed by atoms with Gasteiger partial charge in [-0.15, -0.1) is 0 Å². The van der Waals surface area contributed by atoms with E-state index in [0.29, 0.717) is 5.41 Å². The average molecular weight is 271 g/mol. The molecule has 1 fully saturated rings. The first-order valence-corrected chi connectivity index (χ1v) is 6.91. The van der Waals surface area contributed by atoms with Crippen LogP contribution in [0.25, 0.3) is 0 Å². The maximum Gasteiger partial charge on any atom is 0.0949 e. The van der Waals surface area contributed by atoms with E-state index in [2.05, 4.69) is 38.6 Å². The monoisotopic (exact) mass is 270 g/mol. The molecule has 0 spiro atoms. The van der Waals surface area contributed by atoms with Crippen LogP contribution >= 0.6 is 15.9 Å². The fourth-order valence-corrected chi connectivity index (χ4v) is 2.86. The van der Waals surface area contributed by atoms with Gasteiger partial charge in [-0.3, -0.25) is 0 Å². The molecule has 2 nitrogen and oxygen atoms in total. The molecule has 15 heavy (non-hydrogen) atoms. The zero-order valence-corrected chi connectivity index (χ0v) is 11.0. The Balaban J connectivity index is 2.00. The zero-order valence-electron chi connectivity index (χ0n) is 9.38. The quantitative estimate of drug-likeness (QED) is 0.765.